The minimum atomic E-state index is -0.561. The van der Waals surface area contributed by atoms with Crippen molar-refractivity contribution in [3.63, 3.8) is 0 Å². The van der Waals surface area contributed by atoms with E-state index in [-0.39, 0.29) is 18.3 Å². The van der Waals surface area contributed by atoms with Gasteiger partial charge in [-0.3, -0.25) is 4.79 Å². The minimum absolute atomic E-state index is 0.0820. The van der Waals surface area contributed by atoms with E-state index in [4.69, 9.17) is 4.74 Å². The first-order valence-electron chi connectivity index (χ1n) is 6.79. The van der Waals surface area contributed by atoms with E-state index in [0.717, 1.165) is 0 Å². The Labute approximate surface area is 119 Å². The van der Waals surface area contributed by atoms with Gasteiger partial charge in [0, 0.05) is 6.42 Å². The predicted octanol–water partition coefficient (Wildman–Crippen LogP) is 2.26. The molecule has 1 aromatic carbocycles. The SMILES string of the molecule is CCC(C)(CO)NC(=O)CCCOc1ccc(F)cc1. The van der Waals surface area contributed by atoms with Crippen LogP contribution in [0, 0.1) is 5.82 Å². The maximum Gasteiger partial charge on any atom is 0.220 e. The molecule has 1 amide bonds. The van der Waals surface area contributed by atoms with E-state index < -0.39 is 5.54 Å². The van der Waals surface area contributed by atoms with Crippen molar-refractivity contribution in [2.75, 3.05) is 13.2 Å². The lowest BCUT2D eigenvalue weighted by molar-refractivity contribution is -0.123. The average molecular weight is 283 g/mol. The molecule has 0 aromatic heterocycles. The maximum absolute atomic E-state index is 12.7. The Hall–Kier alpha value is -1.62. The minimum Gasteiger partial charge on any atom is -0.494 e. The van der Waals surface area contributed by atoms with Crippen molar-refractivity contribution in [3.05, 3.63) is 30.1 Å². The Morgan fingerprint density at radius 1 is 1.40 bits per heavy atom. The van der Waals surface area contributed by atoms with Gasteiger partial charge in [0.15, 0.2) is 0 Å². The van der Waals surface area contributed by atoms with Crippen LogP contribution in [0.3, 0.4) is 0 Å². The smallest absolute Gasteiger partial charge is 0.220 e. The first kappa shape index (κ1) is 16.4. The van der Waals surface area contributed by atoms with Crippen molar-refractivity contribution >= 4 is 5.91 Å². The molecule has 0 bridgehead atoms. The molecular weight excluding hydrogens is 261 g/mol. The molecule has 4 nitrogen and oxygen atoms in total. The van der Waals surface area contributed by atoms with Crippen molar-refractivity contribution in [3.8, 4) is 5.75 Å². The third-order valence-corrected chi connectivity index (χ3v) is 3.20. The van der Waals surface area contributed by atoms with Crippen LogP contribution in [0.25, 0.3) is 0 Å². The van der Waals surface area contributed by atoms with Crippen LogP contribution >= 0.6 is 0 Å². The summed E-state index contributed by atoms with van der Waals surface area (Å²) < 4.78 is 18.1. The number of halogens is 1. The molecule has 112 valence electrons. The van der Waals surface area contributed by atoms with Crippen molar-refractivity contribution in [2.45, 2.75) is 38.6 Å². The summed E-state index contributed by atoms with van der Waals surface area (Å²) in [5, 5.41) is 12.0. The molecule has 20 heavy (non-hydrogen) atoms. The van der Waals surface area contributed by atoms with Crippen LogP contribution in [0.15, 0.2) is 24.3 Å². The molecule has 0 spiro atoms. The van der Waals surface area contributed by atoms with Crippen molar-refractivity contribution in [1.29, 1.82) is 0 Å². The second-order valence-corrected chi connectivity index (χ2v) is 5.03. The molecule has 0 saturated heterocycles. The summed E-state index contributed by atoms with van der Waals surface area (Å²) in [5.41, 5.74) is -0.561. The zero-order valence-corrected chi connectivity index (χ0v) is 12.0. The number of nitrogens with one attached hydrogen (secondary N) is 1. The number of carbonyl (C=O) groups excluding carboxylic acids is 1. The van der Waals surface area contributed by atoms with Gasteiger partial charge in [0.25, 0.3) is 0 Å². The summed E-state index contributed by atoms with van der Waals surface area (Å²) in [5.74, 6) is 0.172. The summed E-state index contributed by atoms with van der Waals surface area (Å²) >= 11 is 0. The summed E-state index contributed by atoms with van der Waals surface area (Å²) in [6.45, 7) is 4.02. The van der Waals surface area contributed by atoms with E-state index in [1.807, 2.05) is 6.92 Å². The number of ether oxygens (including phenoxy) is 1. The molecule has 0 aliphatic carbocycles. The third kappa shape index (κ3) is 5.57. The van der Waals surface area contributed by atoms with E-state index in [1.54, 1.807) is 19.1 Å². The normalized spacial score (nSPS) is 13.6. The van der Waals surface area contributed by atoms with Gasteiger partial charge in [-0.05, 0) is 44.0 Å². The molecule has 0 aliphatic heterocycles. The van der Waals surface area contributed by atoms with Crippen LogP contribution in [0.1, 0.15) is 33.1 Å². The molecule has 0 radical (unpaired) electrons. The zero-order chi connectivity index (χ0) is 15.0. The molecular formula is C15H22FNO3. The van der Waals surface area contributed by atoms with E-state index in [0.29, 0.717) is 31.6 Å². The Morgan fingerprint density at radius 2 is 2.05 bits per heavy atom. The zero-order valence-electron chi connectivity index (χ0n) is 12.0. The van der Waals surface area contributed by atoms with Gasteiger partial charge in [-0.25, -0.2) is 4.39 Å². The monoisotopic (exact) mass is 283 g/mol. The molecule has 0 aliphatic rings. The lowest BCUT2D eigenvalue weighted by atomic mass is 10.00. The average Bonchev–Trinajstić information content (AvgIpc) is 2.45. The summed E-state index contributed by atoms with van der Waals surface area (Å²) in [7, 11) is 0. The molecule has 5 heteroatoms. The van der Waals surface area contributed by atoms with Crippen molar-refractivity contribution in [2.24, 2.45) is 0 Å². The third-order valence-electron chi connectivity index (χ3n) is 3.20. The summed E-state index contributed by atoms with van der Waals surface area (Å²) in [6, 6.07) is 5.76. The lowest BCUT2D eigenvalue weighted by Crippen LogP contribution is -2.48. The number of benzene rings is 1. The Bertz CT molecular complexity index is 416. The highest BCUT2D eigenvalue weighted by molar-refractivity contribution is 5.76. The largest absolute Gasteiger partial charge is 0.494 e. The summed E-state index contributed by atoms with van der Waals surface area (Å²) in [4.78, 5) is 11.7. The number of hydrogen-bond donors (Lipinski definition) is 2. The fourth-order valence-corrected chi connectivity index (χ4v) is 1.59. The topological polar surface area (TPSA) is 58.6 Å². The number of aliphatic hydroxyl groups is 1. The van der Waals surface area contributed by atoms with Crippen LogP contribution in [0.4, 0.5) is 4.39 Å². The lowest BCUT2D eigenvalue weighted by Gasteiger charge is -2.27. The Balaban J connectivity index is 2.24. The standard InChI is InChI=1S/C15H22FNO3/c1-3-15(2,11-18)17-14(19)5-4-10-20-13-8-6-12(16)7-9-13/h6-9,18H,3-5,10-11H2,1-2H3,(H,17,19). The molecule has 1 unspecified atom stereocenters. The van der Waals surface area contributed by atoms with Crippen LogP contribution in [0.5, 0.6) is 5.75 Å². The van der Waals surface area contributed by atoms with Crippen molar-refractivity contribution < 1.29 is 19.0 Å². The van der Waals surface area contributed by atoms with Gasteiger partial charge in [0.2, 0.25) is 5.91 Å². The van der Waals surface area contributed by atoms with Crippen molar-refractivity contribution in [1.82, 2.24) is 5.32 Å². The van der Waals surface area contributed by atoms with Crippen LogP contribution in [-0.2, 0) is 4.79 Å². The molecule has 1 aromatic rings. The highest BCUT2D eigenvalue weighted by Crippen LogP contribution is 2.12. The number of amides is 1. The maximum atomic E-state index is 12.7. The quantitative estimate of drug-likeness (QED) is 0.719. The van der Waals surface area contributed by atoms with Gasteiger partial charge in [-0.2, -0.15) is 0 Å². The Morgan fingerprint density at radius 3 is 2.60 bits per heavy atom. The molecule has 2 N–H and O–H groups in total. The second-order valence-electron chi connectivity index (χ2n) is 5.03. The number of hydrogen-bond acceptors (Lipinski definition) is 3. The van der Waals surface area contributed by atoms with Gasteiger partial charge in [0.05, 0.1) is 18.8 Å². The predicted molar refractivity (Wildman–Crippen MR) is 75.1 cm³/mol. The van der Waals surface area contributed by atoms with Gasteiger partial charge in [-0.1, -0.05) is 6.92 Å². The second kappa shape index (κ2) is 7.85. The summed E-state index contributed by atoms with van der Waals surface area (Å²) in [6.07, 6.45) is 1.56. The fourth-order valence-electron chi connectivity index (χ4n) is 1.59. The van der Waals surface area contributed by atoms with Gasteiger partial charge in [0.1, 0.15) is 11.6 Å². The van der Waals surface area contributed by atoms with Crippen LogP contribution in [0.2, 0.25) is 0 Å². The molecule has 1 atom stereocenters. The van der Waals surface area contributed by atoms with E-state index in [9.17, 15) is 14.3 Å². The first-order valence-corrected chi connectivity index (χ1v) is 6.79. The molecule has 1 rings (SSSR count). The van der Waals surface area contributed by atoms with Crippen LogP contribution < -0.4 is 10.1 Å². The molecule has 0 heterocycles. The Kier molecular flexibility index (Phi) is 6.45. The number of aliphatic hydroxyl groups excluding tert-OH is 1. The highest BCUT2D eigenvalue weighted by atomic mass is 19.1. The van der Waals surface area contributed by atoms with Gasteiger partial charge >= 0.3 is 0 Å². The van der Waals surface area contributed by atoms with E-state index in [2.05, 4.69) is 5.32 Å². The number of rotatable bonds is 8. The fraction of sp³-hybridized carbons (Fsp3) is 0.533. The number of carbonyl (C=O) groups is 1. The molecule has 0 fully saturated rings. The van der Waals surface area contributed by atoms with E-state index >= 15 is 0 Å². The van der Waals surface area contributed by atoms with Crippen LogP contribution in [-0.4, -0.2) is 29.8 Å². The van der Waals surface area contributed by atoms with E-state index in [1.165, 1.54) is 12.1 Å². The molecule has 0 saturated carbocycles. The van der Waals surface area contributed by atoms with Gasteiger partial charge < -0.3 is 15.2 Å². The highest BCUT2D eigenvalue weighted by Gasteiger charge is 2.22. The van der Waals surface area contributed by atoms with Gasteiger partial charge in [-0.15, -0.1) is 0 Å². The first-order chi connectivity index (χ1) is 9.49.